The third-order valence-corrected chi connectivity index (χ3v) is 7.06. The van der Waals surface area contributed by atoms with E-state index in [9.17, 15) is 19.2 Å². The summed E-state index contributed by atoms with van der Waals surface area (Å²) in [7, 11) is 0. The minimum absolute atomic E-state index is 0.155. The van der Waals surface area contributed by atoms with Crippen molar-refractivity contribution in [3.63, 3.8) is 0 Å². The Morgan fingerprint density at radius 2 is 1.64 bits per heavy atom. The van der Waals surface area contributed by atoms with Crippen molar-refractivity contribution in [3.8, 4) is 0 Å². The summed E-state index contributed by atoms with van der Waals surface area (Å²) in [4.78, 5) is 54.7. The van der Waals surface area contributed by atoms with Crippen LogP contribution in [0.25, 0.3) is 0 Å². The predicted molar refractivity (Wildman–Crippen MR) is 137 cm³/mol. The summed E-state index contributed by atoms with van der Waals surface area (Å²) in [6, 6.07) is 16.5. The van der Waals surface area contributed by atoms with Crippen LogP contribution in [0.2, 0.25) is 0 Å². The molecule has 8 nitrogen and oxygen atoms in total. The van der Waals surface area contributed by atoms with Gasteiger partial charge in [0.05, 0.1) is 5.92 Å². The van der Waals surface area contributed by atoms with Crippen molar-refractivity contribution in [2.45, 2.75) is 51.5 Å². The molecule has 190 valence electrons. The van der Waals surface area contributed by atoms with Gasteiger partial charge in [0, 0.05) is 18.3 Å². The lowest BCUT2D eigenvalue weighted by molar-refractivity contribution is -0.144. The molecule has 2 fully saturated rings. The number of hydrogen-bond acceptors (Lipinski definition) is 4. The van der Waals surface area contributed by atoms with Gasteiger partial charge in [-0.05, 0) is 42.9 Å². The maximum atomic E-state index is 13.4. The van der Waals surface area contributed by atoms with E-state index in [0.717, 1.165) is 41.0 Å². The molecule has 2 aromatic carbocycles. The Hall–Kier alpha value is -3.68. The van der Waals surface area contributed by atoms with E-state index in [4.69, 9.17) is 0 Å². The highest BCUT2D eigenvalue weighted by molar-refractivity contribution is 6.03. The molecule has 36 heavy (non-hydrogen) atoms. The van der Waals surface area contributed by atoms with Crippen LogP contribution in [0, 0.1) is 5.92 Å². The van der Waals surface area contributed by atoms with Gasteiger partial charge < -0.3 is 15.5 Å². The van der Waals surface area contributed by atoms with Crippen LogP contribution in [0.5, 0.6) is 0 Å². The number of benzene rings is 2. The van der Waals surface area contributed by atoms with E-state index < -0.39 is 6.03 Å². The number of amides is 5. The molecule has 2 aliphatic rings. The first-order valence-corrected chi connectivity index (χ1v) is 12.8. The van der Waals surface area contributed by atoms with Crippen molar-refractivity contribution in [2.24, 2.45) is 5.92 Å². The Labute approximate surface area is 212 Å². The zero-order valence-electron chi connectivity index (χ0n) is 20.7. The number of nitrogens with one attached hydrogen (secondary N) is 2. The molecule has 0 spiro atoms. The maximum absolute atomic E-state index is 13.4. The van der Waals surface area contributed by atoms with Crippen molar-refractivity contribution in [3.05, 3.63) is 65.7 Å². The van der Waals surface area contributed by atoms with Crippen LogP contribution in [-0.2, 0) is 27.2 Å². The highest BCUT2D eigenvalue weighted by Crippen LogP contribution is 2.34. The van der Waals surface area contributed by atoms with Crippen molar-refractivity contribution in [1.82, 2.24) is 15.1 Å². The van der Waals surface area contributed by atoms with Crippen molar-refractivity contribution in [2.75, 3.05) is 25.0 Å². The SMILES string of the molecule is CCc1ccccc1NC(=O)CN1C(=O)N(CC(=O)NCCc2ccccc2)C(=O)C2CCCCC21. The number of nitrogens with zero attached hydrogens (tertiary/aromatic N) is 2. The Kier molecular flexibility index (Phi) is 8.36. The Morgan fingerprint density at radius 3 is 2.42 bits per heavy atom. The Balaban J connectivity index is 1.42. The number of hydrogen-bond donors (Lipinski definition) is 2. The second kappa shape index (κ2) is 11.8. The first-order valence-electron chi connectivity index (χ1n) is 12.8. The summed E-state index contributed by atoms with van der Waals surface area (Å²) in [5.74, 6) is -1.39. The van der Waals surface area contributed by atoms with Gasteiger partial charge >= 0.3 is 6.03 Å². The molecule has 2 aromatic rings. The molecule has 8 heteroatoms. The molecule has 1 saturated carbocycles. The molecule has 2 atom stereocenters. The number of imide groups is 1. The number of carbonyl (C=O) groups is 4. The highest BCUT2D eigenvalue weighted by Gasteiger charge is 2.47. The fourth-order valence-corrected chi connectivity index (χ4v) is 5.18. The van der Waals surface area contributed by atoms with E-state index in [1.165, 1.54) is 4.90 Å². The van der Waals surface area contributed by atoms with E-state index in [1.54, 1.807) is 0 Å². The largest absolute Gasteiger partial charge is 0.354 e. The molecule has 1 aliphatic heterocycles. The van der Waals surface area contributed by atoms with Crippen LogP contribution in [0.4, 0.5) is 10.5 Å². The first kappa shape index (κ1) is 25.4. The van der Waals surface area contributed by atoms with E-state index in [1.807, 2.05) is 61.5 Å². The lowest BCUT2D eigenvalue weighted by Gasteiger charge is -2.46. The molecule has 2 unspecified atom stereocenters. The normalized spacial score (nSPS) is 19.6. The van der Waals surface area contributed by atoms with Crippen LogP contribution in [0.3, 0.4) is 0 Å². The summed E-state index contributed by atoms with van der Waals surface area (Å²) >= 11 is 0. The van der Waals surface area contributed by atoms with Crippen LogP contribution in [0.15, 0.2) is 54.6 Å². The Morgan fingerprint density at radius 1 is 0.917 bits per heavy atom. The quantitative estimate of drug-likeness (QED) is 0.563. The summed E-state index contributed by atoms with van der Waals surface area (Å²) < 4.78 is 0. The number of carbonyl (C=O) groups excluding carboxylic acids is 4. The highest BCUT2D eigenvalue weighted by atomic mass is 16.2. The maximum Gasteiger partial charge on any atom is 0.327 e. The number of fused-ring (bicyclic) bond motifs is 1. The molecule has 0 radical (unpaired) electrons. The number of urea groups is 1. The summed E-state index contributed by atoms with van der Waals surface area (Å²) in [6.07, 6.45) is 4.55. The second-order valence-electron chi connectivity index (χ2n) is 9.44. The average molecular weight is 491 g/mol. The summed E-state index contributed by atoms with van der Waals surface area (Å²) in [5.41, 5.74) is 2.82. The van der Waals surface area contributed by atoms with E-state index in [-0.39, 0.29) is 42.8 Å². The van der Waals surface area contributed by atoms with E-state index >= 15 is 0 Å². The second-order valence-corrected chi connectivity index (χ2v) is 9.44. The van der Waals surface area contributed by atoms with Gasteiger partial charge in [0.15, 0.2) is 0 Å². The number of rotatable bonds is 9. The van der Waals surface area contributed by atoms with Gasteiger partial charge in [-0.1, -0.05) is 68.3 Å². The number of aryl methyl sites for hydroxylation is 1. The number of anilines is 1. The third-order valence-electron chi connectivity index (χ3n) is 7.06. The standard InChI is InChI=1S/C28H34N4O4/c1-2-21-12-6-8-14-23(21)30-26(34)19-31-24-15-9-7-13-22(24)27(35)32(28(31)36)18-25(33)29-17-16-20-10-4-3-5-11-20/h3-6,8,10-12,14,22,24H,2,7,9,13,15-19H2,1H3,(H,29,33)(H,30,34). The molecule has 0 aromatic heterocycles. The fourth-order valence-electron chi connectivity index (χ4n) is 5.18. The molecule has 1 saturated heterocycles. The average Bonchev–Trinajstić information content (AvgIpc) is 2.90. The monoisotopic (exact) mass is 490 g/mol. The smallest absolute Gasteiger partial charge is 0.327 e. The Bertz CT molecular complexity index is 1100. The van der Waals surface area contributed by atoms with Gasteiger partial charge in [0.1, 0.15) is 13.1 Å². The number of para-hydroxylation sites is 1. The van der Waals surface area contributed by atoms with E-state index in [0.29, 0.717) is 25.8 Å². The van der Waals surface area contributed by atoms with Crippen molar-refractivity contribution >= 4 is 29.4 Å². The fraction of sp³-hybridized carbons (Fsp3) is 0.429. The molecular formula is C28H34N4O4. The van der Waals surface area contributed by atoms with Gasteiger partial charge in [-0.25, -0.2) is 4.79 Å². The molecule has 1 aliphatic carbocycles. The minimum Gasteiger partial charge on any atom is -0.354 e. The van der Waals surface area contributed by atoms with Gasteiger partial charge in [0.2, 0.25) is 17.7 Å². The first-order chi connectivity index (χ1) is 17.5. The zero-order valence-corrected chi connectivity index (χ0v) is 20.7. The summed E-state index contributed by atoms with van der Waals surface area (Å²) in [5, 5.41) is 5.73. The molecule has 1 heterocycles. The molecule has 2 N–H and O–H groups in total. The molecule has 0 bridgehead atoms. The predicted octanol–water partition coefficient (Wildman–Crippen LogP) is 3.37. The van der Waals surface area contributed by atoms with Gasteiger partial charge in [0.25, 0.3) is 0 Å². The van der Waals surface area contributed by atoms with Crippen LogP contribution < -0.4 is 10.6 Å². The lowest BCUT2D eigenvalue weighted by atomic mass is 9.81. The van der Waals surface area contributed by atoms with Crippen molar-refractivity contribution in [1.29, 1.82) is 0 Å². The molecule has 5 amide bonds. The zero-order chi connectivity index (χ0) is 25.5. The van der Waals surface area contributed by atoms with Crippen molar-refractivity contribution < 1.29 is 19.2 Å². The molecular weight excluding hydrogens is 456 g/mol. The topological polar surface area (TPSA) is 98.8 Å². The molecule has 4 rings (SSSR count). The van der Waals surface area contributed by atoms with Crippen LogP contribution in [0.1, 0.15) is 43.7 Å². The van der Waals surface area contributed by atoms with E-state index in [2.05, 4.69) is 10.6 Å². The third kappa shape index (κ3) is 5.93. The van der Waals surface area contributed by atoms with Crippen LogP contribution in [-0.4, -0.2) is 59.2 Å². The van der Waals surface area contributed by atoms with Gasteiger partial charge in [-0.3, -0.25) is 19.3 Å². The van der Waals surface area contributed by atoms with Crippen LogP contribution >= 0.6 is 0 Å². The lowest BCUT2D eigenvalue weighted by Crippen LogP contribution is -2.64. The van der Waals surface area contributed by atoms with Gasteiger partial charge in [-0.2, -0.15) is 0 Å². The summed E-state index contributed by atoms with van der Waals surface area (Å²) in [6.45, 7) is 1.93. The minimum atomic E-state index is -0.569. The van der Waals surface area contributed by atoms with Gasteiger partial charge in [-0.15, -0.1) is 0 Å².